The molecule has 1 aliphatic carbocycles. The summed E-state index contributed by atoms with van der Waals surface area (Å²) >= 11 is 3.64. The van der Waals surface area contributed by atoms with Crippen LogP contribution in [-0.4, -0.2) is 19.5 Å². The predicted molar refractivity (Wildman–Crippen MR) is 139 cm³/mol. The van der Waals surface area contributed by atoms with E-state index in [1.807, 2.05) is 61.5 Å². The molecule has 2 unspecified atom stereocenters. The fourth-order valence-corrected chi connectivity index (χ4v) is 5.54. The van der Waals surface area contributed by atoms with Crippen molar-refractivity contribution in [3.63, 3.8) is 0 Å². The van der Waals surface area contributed by atoms with Crippen molar-refractivity contribution in [2.75, 3.05) is 24.4 Å². The molecule has 0 amide bonds. The summed E-state index contributed by atoms with van der Waals surface area (Å²) in [5.41, 5.74) is 5.80. The number of benzene rings is 3. The highest BCUT2D eigenvalue weighted by molar-refractivity contribution is 9.10. The highest BCUT2D eigenvalue weighted by atomic mass is 79.9. The molecular formula is C28H27BrN2O3. The molecule has 0 spiro atoms. The van der Waals surface area contributed by atoms with Crippen molar-refractivity contribution in [3.05, 3.63) is 93.6 Å². The number of rotatable bonds is 5. The lowest BCUT2D eigenvalue weighted by molar-refractivity contribution is -0.116. The molecule has 2 atom stereocenters. The van der Waals surface area contributed by atoms with Crippen molar-refractivity contribution >= 4 is 33.1 Å². The minimum absolute atomic E-state index is 0.146. The van der Waals surface area contributed by atoms with Crippen molar-refractivity contribution in [3.8, 4) is 11.5 Å². The van der Waals surface area contributed by atoms with Gasteiger partial charge in [-0.1, -0.05) is 42.5 Å². The van der Waals surface area contributed by atoms with Crippen LogP contribution in [0.5, 0.6) is 11.5 Å². The number of allylic oxidation sites excluding steroid dienone is 1. The van der Waals surface area contributed by atoms with Crippen LogP contribution < -0.4 is 20.1 Å². The summed E-state index contributed by atoms with van der Waals surface area (Å²) in [5.74, 6) is 1.59. The zero-order valence-electron chi connectivity index (χ0n) is 19.2. The number of hydrogen-bond donors (Lipinski definition) is 2. The molecule has 0 aromatic heterocycles. The largest absolute Gasteiger partial charge is 0.492 e. The van der Waals surface area contributed by atoms with E-state index in [1.54, 1.807) is 7.11 Å². The van der Waals surface area contributed by atoms with Gasteiger partial charge in [-0.3, -0.25) is 4.79 Å². The van der Waals surface area contributed by atoms with Crippen LogP contribution in [0.2, 0.25) is 0 Å². The molecular weight excluding hydrogens is 492 g/mol. The zero-order valence-corrected chi connectivity index (χ0v) is 20.8. The molecule has 2 N–H and O–H groups in total. The zero-order chi connectivity index (χ0) is 23.7. The fraction of sp³-hybridized carbons (Fsp3) is 0.250. The van der Waals surface area contributed by atoms with Gasteiger partial charge in [-0.2, -0.15) is 0 Å². The molecule has 0 bridgehead atoms. The number of ketones is 1. The number of carbonyl (C=O) groups is 1. The van der Waals surface area contributed by atoms with Gasteiger partial charge in [-0.25, -0.2) is 0 Å². The Morgan fingerprint density at radius 3 is 2.44 bits per heavy atom. The van der Waals surface area contributed by atoms with Crippen LogP contribution in [0.3, 0.4) is 0 Å². The van der Waals surface area contributed by atoms with Gasteiger partial charge in [0.05, 0.1) is 35.6 Å². The number of carbonyl (C=O) groups excluding carboxylic acids is 1. The normalized spacial score (nSPS) is 19.3. The Morgan fingerprint density at radius 2 is 1.71 bits per heavy atom. The molecule has 3 aromatic rings. The van der Waals surface area contributed by atoms with E-state index in [-0.39, 0.29) is 17.7 Å². The van der Waals surface area contributed by atoms with Crippen LogP contribution in [0.4, 0.5) is 11.4 Å². The maximum atomic E-state index is 13.7. The highest BCUT2D eigenvalue weighted by Crippen LogP contribution is 2.46. The second kappa shape index (κ2) is 9.55. The van der Waals surface area contributed by atoms with Crippen molar-refractivity contribution in [1.29, 1.82) is 0 Å². The van der Waals surface area contributed by atoms with Crippen molar-refractivity contribution in [1.82, 2.24) is 0 Å². The molecule has 1 aliphatic heterocycles. The van der Waals surface area contributed by atoms with Crippen LogP contribution in [0, 0.1) is 0 Å². The van der Waals surface area contributed by atoms with E-state index in [1.165, 1.54) is 5.56 Å². The molecule has 5 rings (SSSR count). The van der Waals surface area contributed by atoms with E-state index in [0.717, 1.165) is 39.1 Å². The number of halogens is 1. The number of hydrogen-bond acceptors (Lipinski definition) is 5. The summed E-state index contributed by atoms with van der Waals surface area (Å²) in [4.78, 5) is 13.7. The van der Waals surface area contributed by atoms with E-state index >= 15 is 0 Å². The van der Waals surface area contributed by atoms with Gasteiger partial charge in [-0.15, -0.1) is 0 Å². The van der Waals surface area contributed by atoms with E-state index in [0.29, 0.717) is 24.5 Å². The maximum Gasteiger partial charge on any atom is 0.174 e. The summed E-state index contributed by atoms with van der Waals surface area (Å²) in [5, 5.41) is 7.23. The van der Waals surface area contributed by atoms with Gasteiger partial charge >= 0.3 is 0 Å². The van der Waals surface area contributed by atoms with Gasteiger partial charge in [0.2, 0.25) is 0 Å². The smallest absolute Gasteiger partial charge is 0.174 e. The third-order valence-corrected chi connectivity index (χ3v) is 7.04. The number of fused-ring (bicyclic) bond motifs is 1. The molecule has 1 heterocycles. The summed E-state index contributed by atoms with van der Waals surface area (Å²) in [7, 11) is 1.63. The Morgan fingerprint density at radius 1 is 0.971 bits per heavy atom. The number of para-hydroxylation sites is 2. The standard InChI is InChI=1S/C28H27BrN2O3/c1-3-34-25-16-19(13-20(29)28(25)33-2)27-26-23(30-21-11-7-8-12-22(21)31-27)14-18(15-24(26)32)17-9-5-4-6-10-17/h4-13,16,18,27,30-31H,3,14-15H2,1-2H3. The lowest BCUT2D eigenvalue weighted by Crippen LogP contribution is -2.27. The molecule has 0 saturated heterocycles. The van der Waals surface area contributed by atoms with Crippen LogP contribution >= 0.6 is 15.9 Å². The molecule has 34 heavy (non-hydrogen) atoms. The summed E-state index contributed by atoms with van der Waals surface area (Å²) < 4.78 is 12.2. The van der Waals surface area contributed by atoms with Gasteiger partial charge in [0.15, 0.2) is 17.3 Å². The first kappa shape index (κ1) is 22.5. The fourth-order valence-electron chi connectivity index (χ4n) is 4.92. The minimum Gasteiger partial charge on any atom is -0.492 e. The van der Waals surface area contributed by atoms with Gasteiger partial charge in [-0.05, 0) is 70.6 Å². The Balaban J connectivity index is 1.64. The first-order valence-electron chi connectivity index (χ1n) is 11.5. The Bertz CT molecular complexity index is 1260. The van der Waals surface area contributed by atoms with E-state index < -0.39 is 0 Å². The summed E-state index contributed by atoms with van der Waals surface area (Å²) in [6, 6.07) is 22.0. The SMILES string of the molecule is CCOc1cc(C2Nc3ccccc3NC3=C2C(=O)CC(c2ccccc2)C3)cc(Br)c1OC. The number of methoxy groups -OCH3 is 1. The quantitative estimate of drug-likeness (QED) is 0.387. The number of nitrogens with one attached hydrogen (secondary N) is 2. The molecule has 2 aliphatic rings. The number of Topliss-reactive ketones (excluding diaryl/α,β-unsaturated/α-hetero) is 1. The average Bonchev–Trinajstić information content (AvgIpc) is 3.01. The van der Waals surface area contributed by atoms with E-state index in [2.05, 4.69) is 38.7 Å². The van der Waals surface area contributed by atoms with Crippen LogP contribution in [0.25, 0.3) is 0 Å². The van der Waals surface area contributed by atoms with Crippen LogP contribution in [-0.2, 0) is 4.79 Å². The lowest BCUT2D eigenvalue weighted by atomic mass is 9.78. The first-order chi connectivity index (χ1) is 16.6. The number of anilines is 2. The van der Waals surface area contributed by atoms with Crippen molar-refractivity contribution < 1.29 is 14.3 Å². The second-order valence-corrected chi connectivity index (χ2v) is 9.40. The second-order valence-electron chi connectivity index (χ2n) is 8.55. The van der Waals surface area contributed by atoms with Crippen molar-refractivity contribution in [2.24, 2.45) is 0 Å². The third-order valence-electron chi connectivity index (χ3n) is 6.45. The third kappa shape index (κ3) is 4.18. The Hall–Kier alpha value is -3.25. The molecule has 0 saturated carbocycles. The van der Waals surface area contributed by atoms with Gasteiger partial charge in [0.25, 0.3) is 0 Å². The number of ether oxygens (including phenoxy) is 2. The molecule has 3 aromatic carbocycles. The first-order valence-corrected chi connectivity index (χ1v) is 12.3. The van der Waals surface area contributed by atoms with Crippen molar-refractivity contribution in [2.45, 2.75) is 31.7 Å². The summed E-state index contributed by atoms with van der Waals surface area (Å²) in [6.45, 7) is 2.46. The highest BCUT2D eigenvalue weighted by Gasteiger charge is 2.36. The average molecular weight is 519 g/mol. The Kier molecular flexibility index (Phi) is 6.33. The summed E-state index contributed by atoms with van der Waals surface area (Å²) in [6.07, 6.45) is 1.25. The lowest BCUT2D eigenvalue weighted by Gasteiger charge is -2.30. The van der Waals surface area contributed by atoms with Gasteiger partial charge in [0, 0.05) is 17.7 Å². The molecule has 5 nitrogen and oxygen atoms in total. The molecule has 0 radical (unpaired) electrons. The molecule has 0 fully saturated rings. The topological polar surface area (TPSA) is 59.6 Å². The predicted octanol–water partition coefficient (Wildman–Crippen LogP) is 6.84. The van der Waals surface area contributed by atoms with Crippen LogP contribution in [0.1, 0.15) is 42.9 Å². The van der Waals surface area contributed by atoms with Gasteiger partial charge < -0.3 is 20.1 Å². The van der Waals surface area contributed by atoms with E-state index in [4.69, 9.17) is 9.47 Å². The maximum absolute atomic E-state index is 13.7. The minimum atomic E-state index is -0.322. The molecule has 174 valence electrons. The van der Waals surface area contributed by atoms with Crippen LogP contribution in [0.15, 0.2) is 82.5 Å². The Labute approximate surface area is 208 Å². The van der Waals surface area contributed by atoms with E-state index in [9.17, 15) is 4.79 Å². The van der Waals surface area contributed by atoms with Gasteiger partial charge in [0.1, 0.15) is 0 Å². The molecule has 6 heteroatoms. The monoisotopic (exact) mass is 518 g/mol.